The fraction of sp³-hybridized carbons (Fsp3) is 0.700. The Kier molecular flexibility index (Phi) is 3.49. The number of hydrogen-bond acceptors (Lipinski definition) is 4. The lowest BCUT2D eigenvalue weighted by atomic mass is 9.93. The molecular formula is C10H15ClN2OS. The zero-order chi connectivity index (χ0) is 10.7. The van der Waals surface area contributed by atoms with Crippen LogP contribution in [0.25, 0.3) is 0 Å². The molecule has 1 aromatic heterocycles. The van der Waals surface area contributed by atoms with E-state index >= 15 is 0 Å². The normalized spacial score (nSPS) is 20.1. The molecule has 1 N–H and O–H groups in total. The summed E-state index contributed by atoms with van der Waals surface area (Å²) < 4.78 is 5.35. The summed E-state index contributed by atoms with van der Waals surface area (Å²) >= 11 is 7.69. The molecule has 0 aliphatic carbocycles. The first-order valence-electron chi connectivity index (χ1n) is 5.08. The SMILES string of the molecule is Cc1csc(NC2(CCl)CCOCC2)n1. The summed E-state index contributed by atoms with van der Waals surface area (Å²) in [4.78, 5) is 4.41. The van der Waals surface area contributed by atoms with E-state index in [9.17, 15) is 0 Å². The Balaban J connectivity index is 2.06. The number of alkyl halides is 1. The molecule has 5 heteroatoms. The van der Waals surface area contributed by atoms with Gasteiger partial charge >= 0.3 is 0 Å². The van der Waals surface area contributed by atoms with Gasteiger partial charge in [0.15, 0.2) is 5.13 Å². The highest BCUT2D eigenvalue weighted by atomic mass is 35.5. The molecule has 15 heavy (non-hydrogen) atoms. The lowest BCUT2D eigenvalue weighted by Crippen LogP contribution is -2.45. The first-order valence-corrected chi connectivity index (χ1v) is 6.50. The van der Waals surface area contributed by atoms with Gasteiger partial charge in [-0.15, -0.1) is 22.9 Å². The number of nitrogens with one attached hydrogen (secondary N) is 1. The smallest absolute Gasteiger partial charge is 0.183 e. The van der Waals surface area contributed by atoms with E-state index in [0.29, 0.717) is 5.88 Å². The second-order valence-electron chi connectivity index (χ2n) is 3.95. The third-order valence-corrected chi connectivity index (χ3v) is 4.08. The van der Waals surface area contributed by atoms with Crippen LogP contribution in [-0.4, -0.2) is 29.6 Å². The van der Waals surface area contributed by atoms with Crippen LogP contribution < -0.4 is 5.32 Å². The first kappa shape index (κ1) is 11.2. The largest absolute Gasteiger partial charge is 0.381 e. The van der Waals surface area contributed by atoms with E-state index in [1.54, 1.807) is 11.3 Å². The molecule has 1 aromatic rings. The molecule has 0 atom stereocenters. The van der Waals surface area contributed by atoms with E-state index in [0.717, 1.165) is 36.9 Å². The predicted molar refractivity (Wildman–Crippen MR) is 64.0 cm³/mol. The van der Waals surface area contributed by atoms with Crippen LogP contribution in [0.15, 0.2) is 5.38 Å². The van der Waals surface area contributed by atoms with E-state index in [1.165, 1.54) is 0 Å². The van der Waals surface area contributed by atoms with Crippen LogP contribution in [0.4, 0.5) is 5.13 Å². The summed E-state index contributed by atoms with van der Waals surface area (Å²) in [5.41, 5.74) is 1.03. The molecule has 0 unspecified atom stereocenters. The van der Waals surface area contributed by atoms with E-state index in [-0.39, 0.29) is 5.54 Å². The van der Waals surface area contributed by atoms with Gasteiger partial charge in [-0.25, -0.2) is 4.98 Å². The Labute approximate surface area is 98.8 Å². The van der Waals surface area contributed by atoms with Crippen molar-refractivity contribution in [3.63, 3.8) is 0 Å². The molecule has 0 saturated carbocycles. The highest BCUT2D eigenvalue weighted by molar-refractivity contribution is 7.13. The maximum Gasteiger partial charge on any atom is 0.183 e. The number of thiazole rings is 1. The highest BCUT2D eigenvalue weighted by Crippen LogP contribution is 2.28. The maximum atomic E-state index is 6.05. The summed E-state index contributed by atoms with van der Waals surface area (Å²) in [5.74, 6) is 0.606. The molecule has 1 aliphatic rings. The molecule has 1 aliphatic heterocycles. The minimum absolute atomic E-state index is 0.0237. The van der Waals surface area contributed by atoms with Gasteiger partial charge in [-0.05, 0) is 19.8 Å². The number of aromatic nitrogens is 1. The molecule has 0 spiro atoms. The third-order valence-electron chi connectivity index (χ3n) is 2.70. The van der Waals surface area contributed by atoms with Crippen molar-refractivity contribution in [2.45, 2.75) is 25.3 Å². The minimum Gasteiger partial charge on any atom is -0.381 e. The molecule has 84 valence electrons. The number of hydrogen-bond donors (Lipinski definition) is 1. The van der Waals surface area contributed by atoms with Crippen LogP contribution in [0.3, 0.4) is 0 Å². The van der Waals surface area contributed by atoms with Crippen LogP contribution in [0, 0.1) is 6.92 Å². The molecule has 0 amide bonds. The Morgan fingerprint density at radius 1 is 1.60 bits per heavy atom. The van der Waals surface area contributed by atoms with Gasteiger partial charge in [0.1, 0.15) is 0 Å². The Morgan fingerprint density at radius 2 is 2.33 bits per heavy atom. The molecule has 0 radical (unpaired) electrons. The van der Waals surface area contributed by atoms with Gasteiger partial charge in [0.25, 0.3) is 0 Å². The summed E-state index contributed by atoms with van der Waals surface area (Å²) in [6.07, 6.45) is 1.91. The molecule has 2 rings (SSSR count). The molecule has 0 aromatic carbocycles. The Bertz CT molecular complexity index is 323. The predicted octanol–water partition coefficient (Wildman–Crippen LogP) is 2.65. The second kappa shape index (κ2) is 4.68. The van der Waals surface area contributed by atoms with Crippen molar-refractivity contribution in [1.29, 1.82) is 0 Å². The summed E-state index contributed by atoms with van der Waals surface area (Å²) in [5, 5.41) is 6.47. The molecule has 1 saturated heterocycles. The lowest BCUT2D eigenvalue weighted by molar-refractivity contribution is 0.0668. The van der Waals surface area contributed by atoms with Crippen molar-refractivity contribution >= 4 is 28.1 Å². The number of aryl methyl sites for hydroxylation is 1. The fourth-order valence-corrected chi connectivity index (χ4v) is 2.83. The van der Waals surface area contributed by atoms with Gasteiger partial charge in [0.2, 0.25) is 0 Å². The minimum atomic E-state index is -0.0237. The van der Waals surface area contributed by atoms with E-state index < -0.39 is 0 Å². The molecule has 2 heterocycles. The van der Waals surface area contributed by atoms with Gasteiger partial charge in [0.05, 0.1) is 11.2 Å². The van der Waals surface area contributed by atoms with Gasteiger partial charge in [-0.1, -0.05) is 0 Å². The first-order chi connectivity index (χ1) is 7.24. The lowest BCUT2D eigenvalue weighted by Gasteiger charge is -2.36. The molecule has 1 fully saturated rings. The van der Waals surface area contributed by atoms with Crippen LogP contribution in [0.2, 0.25) is 0 Å². The number of nitrogens with zero attached hydrogens (tertiary/aromatic N) is 1. The van der Waals surface area contributed by atoms with Gasteiger partial charge in [-0.2, -0.15) is 0 Å². The molecule has 0 bridgehead atoms. The summed E-state index contributed by atoms with van der Waals surface area (Å²) in [6, 6.07) is 0. The van der Waals surface area contributed by atoms with E-state index in [1.807, 2.05) is 12.3 Å². The van der Waals surface area contributed by atoms with Crippen molar-refractivity contribution in [3.05, 3.63) is 11.1 Å². The monoisotopic (exact) mass is 246 g/mol. The van der Waals surface area contributed by atoms with Crippen molar-refractivity contribution in [3.8, 4) is 0 Å². The summed E-state index contributed by atoms with van der Waals surface area (Å²) in [6.45, 7) is 3.56. The fourth-order valence-electron chi connectivity index (χ4n) is 1.69. The van der Waals surface area contributed by atoms with Gasteiger partial charge < -0.3 is 10.1 Å². The van der Waals surface area contributed by atoms with Crippen LogP contribution >= 0.6 is 22.9 Å². The van der Waals surface area contributed by atoms with Crippen molar-refractivity contribution in [2.75, 3.05) is 24.4 Å². The summed E-state index contributed by atoms with van der Waals surface area (Å²) in [7, 11) is 0. The number of anilines is 1. The van der Waals surface area contributed by atoms with E-state index in [4.69, 9.17) is 16.3 Å². The van der Waals surface area contributed by atoms with E-state index in [2.05, 4.69) is 10.3 Å². The highest BCUT2D eigenvalue weighted by Gasteiger charge is 2.32. The van der Waals surface area contributed by atoms with Gasteiger partial charge in [0, 0.05) is 24.5 Å². The van der Waals surface area contributed by atoms with Crippen molar-refractivity contribution < 1.29 is 4.74 Å². The average molecular weight is 247 g/mol. The van der Waals surface area contributed by atoms with Crippen LogP contribution in [0.1, 0.15) is 18.5 Å². The van der Waals surface area contributed by atoms with Crippen LogP contribution in [-0.2, 0) is 4.74 Å². The van der Waals surface area contributed by atoms with Crippen molar-refractivity contribution in [2.24, 2.45) is 0 Å². The zero-order valence-corrected chi connectivity index (χ0v) is 10.3. The Hall–Kier alpha value is -0.320. The van der Waals surface area contributed by atoms with Crippen LogP contribution in [0.5, 0.6) is 0 Å². The maximum absolute atomic E-state index is 6.05. The van der Waals surface area contributed by atoms with Crippen molar-refractivity contribution in [1.82, 2.24) is 4.98 Å². The number of rotatable bonds is 3. The standard InChI is InChI=1S/C10H15ClN2OS/c1-8-6-15-9(12-8)13-10(7-11)2-4-14-5-3-10/h6H,2-5,7H2,1H3,(H,12,13). The number of ether oxygens (including phenoxy) is 1. The average Bonchev–Trinajstić information content (AvgIpc) is 2.65. The topological polar surface area (TPSA) is 34.1 Å². The third kappa shape index (κ3) is 2.62. The quantitative estimate of drug-likeness (QED) is 0.833. The second-order valence-corrected chi connectivity index (χ2v) is 5.07. The van der Waals surface area contributed by atoms with Gasteiger partial charge in [-0.3, -0.25) is 0 Å². The zero-order valence-electron chi connectivity index (χ0n) is 8.75. The Morgan fingerprint density at radius 3 is 2.87 bits per heavy atom. The number of halogens is 1. The molecular weight excluding hydrogens is 232 g/mol. The molecule has 3 nitrogen and oxygen atoms in total.